The molecule has 0 spiro atoms. The minimum absolute atomic E-state index is 0.120. The molecule has 1 aromatic heterocycles. The lowest BCUT2D eigenvalue weighted by Gasteiger charge is -2.07. The predicted molar refractivity (Wildman–Crippen MR) is 134 cm³/mol. The van der Waals surface area contributed by atoms with Crippen molar-refractivity contribution >= 4 is 24.3 Å². The van der Waals surface area contributed by atoms with Crippen LogP contribution in [0.1, 0.15) is 82.8 Å². The Labute approximate surface area is 188 Å². The second-order valence-corrected chi connectivity index (χ2v) is 6.75. The Morgan fingerprint density at radius 3 is 2.52 bits per heavy atom. The number of pyridine rings is 1. The molecule has 0 radical (unpaired) electrons. The molecule has 172 valence electrons. The van der Waals surface area contributed by atoms with Gasteiger partial charge in [0.15, 0.2) is 0 Å². The first-order chi connectivity index (χ1) is 15.1. The van der Waals surface area contributed by atoms with Gasteiger partial charge in [0.05, 0.1) is 18.7 Å². The number of rotatable bonds is 12. The lowest BCUT2D eigenvalue weighted by atomic mass is 10.1. The van der Waals surface area contributed by atoms with E-state index in [9.17, 15) is 4.79 Å². The van der Waals surface area contributed by atoms with Crippen LogP contribution in [0, 0.1) is 0 Å². The highest BCUT2D eigenvalue weighted by Gasteiger charge is 2.09. The normalized spacial score (nSPS) is 12.2. The van der Waals surface area contributed by atoms with Crippen LogP contribution in [0.4, 0.5) is 0 Å². The smallest absolute Gasteiger partial charge is 0.269 e. The van der Waals surface area contributed by atoms with Crippen LogP contribution in [0.5, 0.6) is 0 Å². The lowest BCUT2D eigenvalue weighted by molar-refractivity contribution is 0.0947. The third kappa shape index (κ3) is 11.3. The summed E-state index contributed by atoms with van der Waals surface area (Å²) in [5, 5.41) is 4.86. The number of carbonyl (C=O) groups is 1. The van der Waals surface area contributed by atoms with Crippen LogP contribution in [0.2, 0.25) is 0 Å². The lowest BCUT2D eigenvalue weighted by Crippen LogP contribution is -2.36. The Bertz CT molecular complexity index is 839. The number of allylic oxidation sites excluding steroid dienone is 2. The summed E-state index contributed by atoms with van der Waals surface area (Å²) >= 11 is 0. The molecule has 0 fully saturated rings. The summed E-state index contributed by atoms with van der Waals surface area (Å²) in [6, 6.07) is 1.87. The maximum absolute atomic E-state index is 12.6. The number of hydrogen-bond donors (Lipinski definition) is 1. The van der Waals surface area contributed by atoms with Gasteiger partial charge in [-0.1, -0.05) is 71.3 Å². The van der Waals surface area contributed by atoms with Gasteiger partial charge in [0.25, 0.3) is 5.91 Å². The van der Waals surface area contributed by atoms with Crippen LogP contribution in [-0.4, -0.2) is 30.8 Å². The topological polar surface area (TPSA) is 63.6 Å². The van der Waals surface area contributed by atoms with E-state index in [4.69, 9.17) is 4.74 Å². The van der Waals surface area contributed by atoms with Gasteiger partial charge in [-0.3, -0.25) is 9.79 Å². The van der Waals surface area contributed by atoms with Crippen molar-refractivity contribution in [1.29, 1.82) is 0 Å². The van der Waals surface area contributed by atoms with Gasteiger partial charge < -0.3 is 10.1 Å². The highest BCUT2D eigenvalue weighted by atomic mass is 16.5. The van der Waals surface area contributed by atoms with Gasteiger partial charge >= 0.3 is 0 Å². The van der Waals surface area contributed by atoms with E-state index in [-0.39, 0.29) is 5.91 Å². The van der Waals surface area contributed by atoms with Crippen LogP contribution in [0.15, 0.2) is 35.7 Å². The van der Waals surface area contributed by atoms with Crippen LogP contribution >= 0.6 is 0 Å². The number of nitrogens with zero attached hydrogens (tertiary/aromatic N) is 2. The molecule has 0 aliphatic carbocycles. The third-order valence-corrected chi connectivity index (χ3v) is 4.54. The molecule has 0 saturated carbocycles. The van der Waals surface area contributed by atoms with Gasteiger partial charge in [-0.2, -0.15) is 0 Å². The minimum Gasteiger partial charge on any atom is -0.496 e. The molecule has 1 rings (SSSR count). The summed E-state index contributed by atoms with van der Waals surface area (Å²) in [7, 11) is 1.55. The van der Waals surface area contributed by atoms with Crippen molar-refractivity contribution in [2.45, 2.75) is 73.1 Å². The number of methoxy groups -OCH3 is 1. The number of aliphatic imine (C=N–C) groups is 1. The molecule has 31 heavy (non-hydrogen) atoms. The summed E-state index contributed by atoms with van der Waals surface area (Å²) in [5.74, 6) is 0.378. The average molecular weight is 428 g/mol. The highest BCUT2D eigenvalue weighted by Crippen LogP contribution is 2.02. The zero-order valence-electron chi connectivity index (χ0n) is 20.3. The van der Waals surface area contributed by atoms with Crippen molar-refractivity contribution in [3.63, 3.8) is 0 Å². The van der Waals surface area contributed by atoms with E-state index in [1.165, 1.54) is 19.3 Å². The van der Waals surface area contributed by atoms with E-state index in [1.807, 2.05) is 52.0 Å². The number of carbonyl (C=O) groups excluding carboxylic acids is 1. The number of unbranched alkanes of at least 4 members (excludes halogenated alkanes) is 4. The standard InChI is InChI=1S/C24H35N3O2.C2H6/c1-6-9-10-11-12-16-26-24(28)23-17-20(21(7-2)22(8-3)27-23)14-13-15-25-18-19(4)29-5;1-2/h7-8,13,15,17-18H,4,6,9-12,14,16H2,1-3,5H3,(H,26,28);1-2H3/b15-13+,21-7-,22-8+,25-18?;. The molecular weight excluding hydrogens is 386 g/mol. The molecule has 1 N–H and O–H groups in total. The molecule has 1 aromatic rings. The fourth-order valence-corrected chi connectivity index (χ4v) is 2.91. The summed E-state index contributed by atoms with van der Waals surface area (Å²) in [6.45, 7) is 14.5. The number of ether oxygens (including phenoxy) is 1. The molecule has 0 aliphatic rings. The van der Waals surface area contributed by atoms with Gasteiger partial charge in [-0.15, -0.1) is 0 Å². The van der Waals surface area contributed by atoms with E-state index in [0.29, 0.717) is 24.4 Å². The minimum atomic E-state index is -0.120. The molecule has 0 unspecified atom stereocenters. The van der Waals surface area contributed by atoms with Crippen LogP contribution in [0.3, 0.4) is 0 Å². The van der Waals surface area contributed by atoms with E-state index in [1.54, 1.807) is 19.5 Å². The van der Waals surface area contributed by atoms with E-state index in [0.717, 1.165) is 29.0 Å². The van der Waals surface area contributed by atoms with Crippen LogP contribution < -0.4 is 15.9 Å². The summed E-state index contributed by atoms with van der Waals surface area (Å²) in [4.78, 5) is 21.3. The Morgan fingerprint density at radius 1 is 1.19 bits per heavy atom. The number of amides is 1. The molecule has 1 heterocycles. The number of aromatic nitrogens is 1. The Hall–Kier alpha value is -2.69. The second-order valence-electron chi connectivity index (χ2n) is 6.75. The largest absolute Gasteiger partial charge is 0.496 e. The fraction of sp³-hybridized carbons (Fsp3) is 0.500. The van der Waals surface area contributed by atoms with Gasteiger partial charge in [0.1, 0.15) is 11.5 Å². The van der Waals surface area contributed by atoms with Crippen molar-refractivity contribution < 1.29 is 9.53 Å². The predicted octanol–water partition coefficient (Wildman–Crippen LogP) is 4.70. The van der Waals surface area contributed by atoms with Crippen molar-refractivity contribution in [2.24, 2.45) is 4.99 Å². The molecule has 0 atom stereocenters. The van der Waals surface area contributed by atoms with Crippen molar-refractivity contribution in [3.05, 3.63) is 52.5 Å². The van der Waals surface area contributed by atoms with E-state index < -0.39 is 0 Å². The quantitative estimate of drug-likeness (QED) is 0.299. The summed E-state index contributed by atoms with van der Waals surface area (Å²) in [5.41, 5.74) is 1.50. The second kappa shape index (κ2) is 18.1. The van der Waals surface area contributed by atoms with Crippen LogP contribution in [-0.2, 0) is 11.2 Å². The molecule has 5 nitrogen and oxygen atoms in total. The maximum Gasteiger partial charge on any atom is 0.269 e. The summed E-state index contributed by atoms with van der Waals surface area (Å²) < 4.78 is 4.94. The number of nitrogens with one attached hydrogen (secondary N) is 1. The van der Waals surface area contributed by atoms with E-state index in [2.05, 4.69) is 28.8 Å². The molecule has 0 aliphatic heterocycles. The zero-order chi connectivity index (χ0) is 23.5. The van der Waals surface area contributed by atoms with Crippen molar-refractivity contribution in [2.75, 3.05) is 13.7 Å². The Kier molecular flexibility index (Phi) is 16.5. The highest BCUT2D eigenvalue weighted by molar-refractivity contribution is 5.92. The maximum atomic E-state index is 12.6. The van der Waals surface area contributed by atoms with Gasteiger partial charge in [0, 0.05) is 12.7 Å². The van der Waals surface area contributed by atoms with Gasteiger partial charge in [-0.05, 0) is 43.5 Å². The average Bonchev–Trinajstić information content (AvgIpc) is 2.81. The first kappa shape index (κ1) is 28.3. The first-order valence-electron chi connectivity index (χ1n) is 11.4. The Morgan fingerprint density at radius 2 is 1.90 bits per heavy atom. The van der Waals surface area contributed by atoms with Crippen LogP contribution in [0.25, 0.3) is 12.2 Å². The number of hydrogen-bond acceptors (Lipinski definition) is 4. The summed E-state index contributed by atoms with van der Waals surface area (Å²) in [6.07, 6.45) is 15.6. The molecule has 0 saturated heterocycles. The molecular formula is C26H41N3O2. The SMILES string of the molecule is C=C(C=N/C=C/Cc1cc(C(=O)NCCCCCCC)nc(=C/C)/c1=C\C)OC.CC. The molecule has 5 heteroatoms. The molecule has 1 amide bonds. The Balaban J connectivity index is 0.00000436. The monoisotopic (exact) mass is 427 g/mol. The molecule has 0 bridgehead atoms. The van der Waals surface area contributed by atoms with Gasteiger partial charge in [-0.25, -0.2) is 4.98 Å². The zero-order valence-corrected chi connectivity index (χ0v) is 20.3. The third-order valence-electron chi connectivity index (χ3n) is 4.54. The molecule has 0 aromatic carbocycles. The first-order valence-corrected chi connectivity index (χ1v) is 11.4. The van der Waals surface area contributed by atoms with Crippen molar-refractivity contribution in [1.82, 2.24) is 10.3 Å². The van der Waals surface area contributed by atoms with Crippen molar-refractivity contribution in [3.8, 4) is 0 Å². The fourth-order valence-electron chi connectivity index (χ4n) is 2.91. The van der Waals surface area contributed by atoms with Gasteiger partial charge in [0.2, 0.25) is 0 Å². The van der Waals surface area contributed by atoms with E-state index >= 15 is 0 Å².